The Hall–Kier alpha value is -3.21. The number of hydrogen-bond donors (Lipinski definition) is 0. The van der Waals surface area contributed by atoms with Gasteiger partial charge in [0, 0.05) is 18.2 Å². The summed E-state index contributed by atoms with van der Waals surface area (Å²) in [4.78, 5) is 33.2. The van der Waals surface area contributed by atoms with E-state index in [1.165, 1.54) is 16.0 Å². The Bertz CT molecular complexity index is 1170. The van der Waals surface area contributed by atoms with E-state index in [2.05, 4.69) is 71.1 Å². The number of aromatic nitrogens is 1. The molecule has 4 rings (SSSR count). The zero-order chi connectivity index (χ0) is 25.9. The number of nitrogens with zero attached hydrogens (tertiary/aromatic N) is 2. The lowest BCUT2D eigenvalue weighted by Crippen LogP contribution is -2.31. The monoisotopic (exact) mass is 479 g/mol. The zero-order valence-corrected chi connectivity index (χ0v) is 22.0. The summed E-state index contributed by atoms with van der Waals surface area (Å²) in [6.45, 7) is 10.9. The Labute approximate surface area is 216 Å². The van der Waals surface area contributed by atoms with Crippen LogP contribution in [0, 0.1) is 5.92 Å². The van der Waals surface area contributed by atoms with Gasteiger partial charge in [-0.1, -0.05) is 83.4 Å². The van der Waals surface area contributed by atoms with Gasteiger partial charge in [-0.3, -0.25) is 19.5 Å². The molecule has 4 atom stereocenters. The first-order chi connectivity index (χ1) is 17.2. The lowest BCUT2D eigenvalue weighted by Gasteiger charge is -2.27. The molecule has 5 heteroatoms. The van der Waals surface area contributed by atoms with Gasteiger partial charge in [-0.15, -0.1) is 0 Å². The minimum Gasteiger partial charge on any atom is -0.275 e. The van der Waals surface area contributed by atoms with Crippen molar-refractivity contribution in [1.29, 1.82) is 0 Å². The molecule has 2 heterocycles. The smallest absolute Gasteiger partial charge is 0.237 e. The largest absolute Gasteiger partial charge is 0.275 e. The van der Waals surface area contributed by atoms with E-state index < -0.39 is 11.7 Å². The van der Waals surface area contributed by atoms with Crippen molar-refractivity contribution in [3.05, 3.63) is 95.8 Å². The minimum atomic E-state index is -0.464. The molecular weight excluding hydrogens is 443 g/mol. The molecule has 4 unspecified atom stereocenters. The number of carbonyl (C=O) groups excluding carboxylic acids is 2. The van der Waals surface area contributed by atoms with Crippen LogP contribution in [0.25, 0.3) is 0 Å². The van der Waals surface area contributed by atoms with E-state index in [-0.39, 0.29) is 29.1 Å². The van der Waals surface area contributed by atoms with E-state index in [1.807, 2.05) is 42.5 Å². The van der Waals surface area contributed by atoms with E-state index in [1.54, 1.807) is 12.4 Å². The highest BCUT2D eigenvalue weighted by molar-refractivity contribution is 6.50. The lowest BCUT2D eigenvalue weighted by atomic mass is 9.53. The predicted molar refractivity (Wildman–Crippen MR) is 148 cm³/mol. The van der Waals surface area contributed by atoms with Crippen LogP contribution in [0.5, 0.6) is 0 Å². The fraction of sp³-hybridized carbons (Fsp3) is 0.387. The van der Waals surface area contributed by atoms with Crippen LogP contribution in [0.3, 0.4) is 0 Å². The average Bonchev–Trinajstić information content (AvgIpc) is 3.13. The highest BCUT2D eigenvalue weighted by Gasteiger charge is 2.50. The van der Waals surface area contributed by atoms with Gasteiger partial charge in [0.25, 0.3) is 0 Å². The van der Waals surface area contributed by atoms with E-state index in [0.717, 1.165) is 12.0 Å². The van der Waals surface area contributed by atoms with E-state index in [4.69, 9.17) is 0 Å². The molecule has 0 spiro atoms. The first-order valence-electron chi connectivity index (χ1n) is 13.0. The maximum Gasteiger partial charge on any atom is 0.237 e. The fourth-order valence-corrected chi connectivity index (χ4v) is 5.32. The Kier molecular flexibility index (Phi) is 7.78. The molecule has 0 saturated carbocycles. The van der Waals surface area contributed by atoms with Crippen LogP contribution in [0.4, 0.5) is 5.69 Å². The van der Waals surface area contributed by atoms with Crippen LogP contribution < -0.4 is 4.90 Å². The molecule has 3 aromatic rings. The predicted octanol–water partition coefficient (Wildman–Crippen LogP) is 6.78. The Balaban J connectivity index is 1.66. The summed E-state index contributed by atoms with van der Waals surface area (Å²) >= 11 is 0. The molecule has 0 N–H and O–H groups in total. The summed E-state index contributed by atoms with van der Waals surface area (Å²) in [6.07, 6.45) is 5.09. The van der Waals surface area contributed by atoms with Gasteiger partial charge in [0.2, 0.25) is 11.8 Å². The van der Waals surface area contributed by atoms with E-state index >= 15 is 0 Å². The molecule has 1 radical (unpaired) electrons. The van der Waals surface area contributed by atoms with Crippen LogP contribution in [-0.4, -0.2) is 24.1 Å². The minimum absolute atomic E-state index is 0.0401. The van der Waals surface area contributed by atoms with Crippen molar-refractivity contribution in [3.8, 4) is 0 Å². The van der Waals surface area contributed by atoms with Crippen LogP contribution in [-0.2, 0) is 15.0 Å². The van der Waals surface area contributed by atoms with Crippen molar-refractivity contribution in [2.75, 3.05) is 4.90 Å². The average molecular weight is 479 g/mol. The quantitative estimate of drug-likeness (QED) is 0.264. The molecular formula is C31H36BN2O2. The van der Waals surface area contributed by atoms with Gasteiger partial charge in [-0.2, -0.15) is 0 Å². The summed E-state index contributed by atoms with van der Waals surface area (Å²) in [5.74, 6) is -0.921. The van der Waals surface area contributed by atoms with E-state index in [9.17, 15) is 9.59 Å². The SMILES string of the molecule is CCC(c1ccc(C(C)(C)C)cc1)C1C(=O)N(c2ccccc2)C(=O)C1[B]CC(C)c1ccncc1. The zero-order valence-electron chi connectivity index (χ0n) is 22.0. The standard InChI is InChI=1S/C31H36BN2O2/c1-6-26(23-12-14-24(15-13-23)31(3,4)5)27-28(32-20-21(2)22-16-18-33-19-17-22)30(36)34(29(27)35)25-10-8-7-9-11-25/h7-19,21,26-28H,6,20H2,1-5H3. The summed E-state index contributed by atoms with van der Waals surface area (Å²) in [7, 11) is 2.09. The van der Waals surface area contributed by atoms with Gasteiger partial charge in [-0.05, 0) is 64.6 Å². The maximum atomic E-state index is 13.9. The highest BCUT2D eigenvalue weighted by atomic mass is 16.2. The molecule has 185 valence electrons. The molecule has 2 amide bonds. The van der Waals surface area contributed by atoms with Crippen LogP contribution >= 0.6 is 0 Å². The summed E-state index contributed by atoms with van der Waals surface area (Å²) in [5, 5.41) is 0. The number of amides is 2. The van der Waals surface area contributed by atoms with Gasteiger partial charge in [0.05, 0.1) is 11.6 Å². The second-order valence-electron chi connectivity index (χ2n) is 10.9. The maximum absolute atomic E-state index is 13.9. The van der Waals surface area contributed by atoms with Crippen molar-refractivity contribution in [1.82, 2.24) is 4.98 Å². The highest BCUT2D eigenvalue weighted by Crippen LogP contribution is 2.45. The Morgan fingerprint density at radius 3 is 2.11 bits per heavy atom. The van der Waals surface area contributed by atoms with Crippen molar-refractivity contribution in [3.63, 3.8) is 0 Å². The Morgan fingerprint density at radius 2 is 1.53 bits per heavy atom. The number of carbonyl (C=O) groups is 2. The van der Waals surface area contributed by atoms with Crippen LogP contribution in [0.2, 0.25) is 12.1 Å². The molecule has 2 aromatic carbocycles. The van der Waals surface area contributed by atoms with Gasteiger partial charge in [0.15, 0.2) is 0 Å². The number of pyridine rings is 1. The fourth-order valence-electron chi connectivity index (χ4n) is 5.32. The molecule has 1 aromatic heterocycles. The molecule has 1 aliphatic rings. The molecule has 0 bridgehead atoms. The first kappa shape index (κ1) is 25.9. The third-order valence-corrected chi connectivity index (χ3v) is 7.51. The summed E-state index contributed by atoms with van der Waals surface area (Å²) in [6, 6.07) is 22.0. The molecule has 36 heavy (non-hydrogen) atoms. The number of benzene rings is 2. The Morgan fingerprint density at radius 1 is 0.889 bits per heavy atom. The van der Waals surface area contributed by atoms with Crippen molar-refractivity contribution < 1.29 is 9.59 Å². The third kappa shape index (κ3) is 5.30. The number of anilines is 1. The lowest BCUT2D eigenvalue weighted by molar-refractivity contribution is -0.122. The molecule has 1 saturated heterocycles. The van der Waals surface area contributed by atoms with Crippen molar-refractivity contribution in [2.45, 2.75) is 70.4 Å². The van der Waals surface area contributed by atoms with Crippen LogP contribution in [0.15, 0.2) is 79.1 Å². The summed E-state index contributed by atoms with van der Waals surface area (Å²) < 4.78 is 0. The van der Waals surface area contributed by atoms with Gasteiger partial charge in [-0.25, -0.2) is 0 Å². The first-order valence-corrected chi connectivity index (χ1v) is 13.0. The second kappa shape index (κ2) is 10.8. The van der Waals surface area contributed by atoms with Gasteiger partial charge in [0.1, 0.15) is 7.28 Å². The van der Waals surface area contributed by atoms with Gasteiger partial charge < -0.3 is 0 Å². The summed E-state index contributed by atoms with van der Waals surface area (Å²) in [5.41, 5.74) is 4.26. The molecule has 0 aliphatic carbocycles. The normalized spacial score (nSPS) is 19.9. The van der Waals surface area contributed by atoms with Crippen molar-refractivity contribution in [2.24, 2.45) is 5.92 Å². The molecule has 1 aliphatic heterocycles. The van der Waals surface area contributed by atoms with Crippen LogP contribution in [0.1, 0.15) is 69.6 Å². The number of para-hydroxylation sites is 1. The van der Waals surface area contributed by atoms with E-state index in [0.29, 0.717) is 12.0 Å². The molecule has 4 nitrogen and oxygen atoms in total. The number of imide groups is 1. The topological polar surface area (TPSA) is 50.3 Å². The van der Waals surface area contributed by atoms with Gasteiger partial charge >= 0.3 is 0 Å². The second-order valence-corrected chi connectivity index (χ2v) is 10.9. The number of rotatable bonds is 8. The third-order valence-electron chi connectivity index (χ3n) is 7.51. The molecule has 1 fully saturated rings. The number of hydrogen-bond acceptors (Lipinski definition) is 3. The van der Waals surface area contributed by atoms with Crippen molar-refractivity contribution >= 4 is 24.8 Å².